The van der Waals surface area contributed by atoms with Crippen LogP contribution >= 0.6 is 22.9 Å². The maximum atomic E-state index is 12.5. The number of anilines is 2. The Morgan fingerprint density at radius 2 is 1.93 bits per heavy atom. The van der Waals surface area contributed by atoms with Gasteiger partial charge in [-0.05, 0) is 24.1 Å². The summed E-state index contributed by atoms with van der Waals surface area (Å²) in [4.78, 5) is 28.8. The third-order valence-corrected chi connectivity index (χ3v) is 5.08. The van der Waals surface area contributed by atoms with Crippen LogP contribution in [-0.2, 0) is 11.2 Å². The molecule has 144 valence electrons. The topological polar surface area (TPSA) is 80.3 Å². The molecule has 0 aliphatic rings. The van der Waals surface area contributed by atoms with Crippen LogP contribution < -0.4 is 15.4 Å². The van der Waals surface area contributed by atoms with Gasteiger partial charge in [-0.1, -0.05) is 41.9 Å². The van der Waals surface area contributed by atoms with E-state index in [9.17, 15) is 9.59 Å². The maximum Gasteiger partial charge on any atom is 0.275 e. The fourth-order valence-corrected chi connectivity index (χ4v) is 3.36. The third-order valence-electron chi connectivity index (χ3n) is 3.92. The molecular formula is C20H18ClN3O3S. The molecule has 2 aromatic carbocycles. The first-order chi connectivity index (χ1) is 13.5. The molecule has 1 heterocycles. The molecule has 28 heavy (non-hydrogen) atoms. The summed E-state index contributed by atoms with van der Waals surface area (Å²) in [5.41, 5.74) is 2.41. The van der Waals surface area contributed by atoms with Gasteiger partial charge in [-0.25, -0.2) is 4.98 Å². The predicted octanol–water partition coefficient (Wildman–Crippen LogP) is 4.55. The Labute approximate surface area is 171 Å². The van der Waals surface area contributed by atoms with Crippen molar-refractivity contribution in [3.05, 3.63) is 69.7 Å². The van der Waals surface area contributed by atoms with Crippen molar-refractivity contribution in [3.8, 4) is 5.75 Å². The monoisotopic (exact) mass is 415 g/mol. The summed E-state index contributed by atoms with van der Waals surface area (Å²) in [7, 11) is 1.50. The Morgan fingerprint density at radius 1 is 1.18 bits per heavy atom. The van der Waals surface area contributed by atoms with E-state index in [4.69, 9.17) is 16.3 Å². The Balaban J connectivity index is 1.66. The number of hydrogen-bond donors (Lipinski definition) is 2. The molecule has 0 saturated carbocycles. The molecule has 3 rings (SSSR count). The van der Waals surface area contributed by atoms with E-state index < -0.39 is 5.91 Å². The molecule has 2 N–H and O–H groups in total. The number of aromatic nitrogens is 1. The molecule has 2 amide bonds. The number of amides is 2. The van der Waals surface area contributed by atoms with E-state index in [0.29, 0.717) is 21.6 Å². The van der Waals surface area contributed by atoms with Crippen molar-refractivity contribution in [1.29, 1.82) is 0 Å². The van der Waals surface area contributed by atoms with Crippen LogP contribution in [0.5, 0.6) is 5.75 Å². The number of benzene rings is 2. The van der Waals surface area contributed by atoms with Gasteiger partial charge in [0.05, 0.1) is 19.2 Å². The van der Waals surface area contributed by atoms with Crippen molar-refractivity contribution in [2.45, 2.75) is 13.3 Å². The van der Waals surface area contributed by atoms with Crippen LogP contribution in [0, 0.1) is 6.92 Å². The Hall–Kier alpha value is -2.90. The fourth-order valence-electron chi connectivity index (χ4n) is 2.50. The van der Waals surface area contributed by atoms with Gasteiger partial charge in [0.25, 0.3) is 5.91 Å². The molecule has 6 nitrogen and oxygen atoms in total. The molecule has 0 radical (unpaired) electrons. The smallest absolute Gasteiger partial charge is 0.275 e. The second-order valence-corrected chi connectivity index (χ2v) is 7.27. The largest absolute Gasteiger partial charge is 0.495 e. The number of thiazole rings is 1. The number of rotatable bonds is 6. The van der Waals surface area contributed by atoms with Gasteiger partial charge in [0, 0.05) is 16.5 Å². The van der Waals surface area contributed by atoms with Gasteiger partial charge in [0.1, 0.15) is 11.4 Å². The van der Waals surface area contributed by atoms with E-state index in [-0.39, 0.29) is 18.0 Å². The first kappa shape index (κ1) is 19.9. The molecule has 0 atom stereocenters. The van der Waals surface area contributed by atoms with E-state index in [1.807, 2.05) is 37.3 Å². The Kier molecular flexibility index (Phi) is 6.28. The zero-order chi connectivity index (χ0) is 20.1. The van der Waals surface area contributed by atoms with Gasteiger partial charge >= 0.3 is 0 Å². The van der Waals surface area contributed by atoms with Gasteiger partial charge in [0.15, 0.2) is 5.13 Å². The molecule has 0 aliphatic heterocycles. The number of carbonyl (C=O) groups excluding carboxylic acids is 2. The lowest BCUT2D eigenvalue weighted by Gasteiger charge is -2.11. The van der Waals surface area contributed by atoms with Gasteiger partial charge in [-0.15, -0.1) is 11.3 Å². The number of ether oxygens (including phenoxy) is 1. The summed E-state index contributed by atoms with van der Waals surface area (Å²) in [6, 6.07) is 12.8. The van der Waals surface area contributed by atoms with Crippen molar-refractivity contribution in [2.75, 3.05) is 17.7 Å². The van der Waals surface area contributed by atoms with Crippen molar-refractivity contribution in [2.24, 2.45) is 0 Å². The minimum atomic E-state index is -0.403. The number of methoxy groups -OCH3 is 1. The van der Waals surface area contributed by atoms with Crippen LogP contribution in [0.4, 0.5) is 10.8 Å². The highest BCUT2D eigenvalue weighted by Gasteiger charge is 2.16. The lowest BCUT2D eigenvalue weighted by atomic mass is 10.1. The second-order valence-electron chi connectivity index (χ2n) is 6.00. The van der Waals surface area contributed by atoms with E-state index >= 15 is 0 Å². The molecule has 3 aromatic rings. The predicted molar refractivity (Wildman–Crippen MR) is 112 cm³/mol. The molecule has 0 aliphatic carbocycles. The zero-order valence-electron chi connectivity index (χ0n) is 15.3. The standard InChI is InChI=1S/C20H18ClN3O3S/c1-12-8-15(17(27-2)10-14(12)21)22-19(26)16-11-28-20(23-16)24-18(25)9-13-6-4-3-5-7-13/h3-8,10-11H,9H2,1-2H3,(H,22,26)(H,23,24,25). The first-order valence-electron chi connectivity index (χ1n) is 8.41. The molecule has 0 spiro atoms. The van der Waals surface area contributed by atoms with Crippen molar-refractivity contribution in [3.63, 3.8) is 0 Å². The van der Waals surface area contributed by atoms with Crippen LogP contribution in [0.2, 0.25) is 5.02 Å². The second kappa shape index (κ2) is 8.86. The van der Waals surface area contributed by atoms with Crippen LogP contribution in [0.3, 0.4) is 0 Å². The highest BCUT2D eigenvalue weighted by molar-refractivity contribution is 7.14. The summed E-state index contributed by atoms with van der Waals surface area (Å²) >= 11 is 7.27. The number of carbonyl (C=O) groups is 2. The quantitative estimate of drug-likeness (QED) is 0.619. The number of nitrogens with one attached hydrogen (secondary N) is 2. The minimum Gasteiger partial charge on any atom is -0.495 e. The molecule has 1 aromatic heterocycles. The van der Waals surface area contributed by atoms with Crippen molar-refractivity contribution < 1.29 is 14.3 Å². The maximum absolute atomic E-state index is 12.5. The summed E-state index contributed by atoms with van der Waals surface area (Å²) in [6.45, 7) is 1.83. The minimum absolute atomic E-state index is 0.192. The molecular weight excluding hydrogens is 398 g/mol. The first-order valence-corrected chi connectivity index (χ1v) is 9.67. The molecule has 0 fully saturated rings. The molecule has 0 saturated heterocycles. The number of hydrogen-bond acceptors (Lipinski definition) is 5. The lowest BCUT2D eigenvalue weighted by molar-refractivity contribution is -0.115. The lowest BCUT2D eigenvalue weighted by Crippen LogP contribution is -2.16. The zero-order valence-corrected chi connectivity index (χ0v) is 16.9. The van der Waals surface area contributed by atoms with E-state index in [1.54, 1.807) is 17.5 Å². The SMILES string of the molecule is COc1cc(Cl)c(C)cc1NC(=O)c1csc(NC(=O)Cc2ccccc2)n1. The van der Waals surface area contributed by atoms with Crippen LogP contribution in [0.15, 0.2) is 47.8 Å². The Bertz CT molecular complexity index is 1010. The number of halogens is 1. The fraction of sp³-hybridized carbons (Fsp3) is 0.150. The average Bonchev–Trinajstić information content (AvgIpc) is 3.13. The van der Waals surface area contributed by atoms with Crippen LogP contribution in [-0.4, -0.2) is 23.9 Å². The van der Waals surface area contributed by atoms with Gasteiger partial charge in [0.2, 0.25) is 5.91 Å². The van der Waals surface area contributed by atoms with Gasteiger partial charge in [-0.3, -0.25) is 9.59 Å². The van der Waals surface area contributed by atoms with Gasteiger partial charge in [-0.2, -0.15) is 0 Å². The van der Waals surface area contributed by atoms with Gasteiger partial charge < -0.3 is 15.4 Å². The number of aryl methyl sites for hydroxylation is 1. The highest BCUT2D eigenvalue weighted by Crippen LogP contribution is 2.31. The van der Waals surface area contributed by atoms with Crippen LogP contribution in [0.1, 0.15) is 21.6 Å². The molecule has 0 unspecified atom stereocenters. The van der Waals surface area contributed by atoms with E-state index in [2.05, 4.69) is 15.6 Å². The van der Waals surface area contributed by atoms with E-state index in [1.165, 1.54) is 18.4 Å². The van der Waals surface area contributed by atoms with Crippen molar-refractivity contribution in [1.82, 2.24) is 4.98 Å². The normalized spacial score (nSPS) is 10.4. The third kappa shape index (κ3) is 4.88. The summed E-state index contributed by atoms with van der Waals surface area (Å²) < 4.78 is 5.26. The molecule has 0 bridgehead atoms. The Morgan fingerprint density at radius 3 is 2.64 bits per heavy atom. The molecule has 8 heteroatoms. The highest BCUT2D eigenvalue weighted by atomic mass is 35.5. The number of nitrogens with zero attached hydrogens (tertiary/aromatic N) is 1. The van der Waals surface area contributed by atoms with Crippen LogP contribution in [0.25, 0.3) is 0 Å². The summed E-state index contributed by atoms with van der Waals surface area (Å²) in [5.74, 6) is -0.141. The van der Waals surface area contributed by atoms with E-state index in [0.717, 1.165) is 11.1 Å². The summed E-state index contributed by atoms with van der Waals surface area (Å²) in [6.07, 6.45) is 0.239. The van der Waals surface area contributed by atoms with Crippen molar-refractivity contribution >= 4 is 45.6 Å². The summed E-state index contributed by atoms with van der Waals surface area (Å²) in [5, 5.41) is 7.98. The average molecular weight is 416 g/mol.